The van der Waals surface area contributed by atoms with E-state index >= 15 is 0 Å². The number of tetrazole rings is 1. The Balaban J connectivity index is 1.47. The molecule has 0 saturated heterocycles. The second kappa shape index (κ2) is 6.34. The lowest BCUT2D eigenvalue weighted by atomic mass is 10.3. The number of hydrogen-bond acceptors (Lipinski definition) is 5. The predicted molar refractivity (Wildman–Crippen MR) is 78.0 cm³/mol. The highest BCUT2D eigenvalue weighted by molar-refractivity contribution is 5.76. The third kappa shape index (κ3) is 3.77. The molecule has 1 heterocycles. The fourth-order valence-electron chi connectivity index (χ4n) is 2.02. The normalized spacial score (nSPS) is 13.9. The third-order valence-electron chi connectivity index (χ3n) is 3.28. The van der Waals surface area contributed by atoms with Gasteiger partial charge in [-0.15, -0.1) is 0 Å². The Labute approximate surface area is 122 Å². The minimum atomic E-state index is 0.127. The summed E-state index contributed by atoms with van der Waals surface area (Å²) >= 11 is 0. The van der Waals surface area contributed by atoms with Gasteiger partial charge in [-0.05, 0) is 41.8 Å². The Morgan fingerprint density at radius 1 is 1.29 bits per heavy atom. The van der Waals surface area contributed by atoms with E-state index in [-0.39, 0.29) is 5.91 Å². The lowest BCUT2D eigenvalue weighted by molar-refractivity contribution is -0.121. The predicted octanol–water partition coefficient (Wildman–Crippen LogP) is 1.13. The number of carbonyl (C=O) groups is 1. The van der Waals surface area contributed by atoms with Crippen LogP contribution in [0.25, 0.3) is 5.69 Å². The first-order chi connectivity index (χ1) is 10.3. The van der Waals surface area contributed by atoms with Crippen molar-refractivity contribution in [3.63, 3.8) is 0 Å². The van der Waals surface area contributed by atoms with Crippen molar-refractivity contribution >= 4 is 11.9 Å². The average Bonchev–Trinajstić information content (AvgIpc) is 3.19. The molecule has 2 aromatic rings. The number of amides is 1. The van der Waals surface area contributed by atoms with Crippen LogP contribution in [0.15, 0.2) is 30.3 Å². The first kappa shape index (κ1) is 13.5. The van der Waals surface area contributed by atoms with Crippen LogP contribution >= 0.6 is 0 Å². The van der Waals surface area contributed by atoms with Gasteiger partial charge in [0.05, 0.1) is 5.69 Å². The summed E-state index contributed by atoms with van der Waals surface area (Å²) in [6.07, 6.45) is 3.52. The summed E-state index contributed by atoms with van der Waals surface area (Å²) < 4.78 is 1.64. The molecule has 3 rings (SSSR count). The minimum absolute atomic E-state index is 0.127. The van der Waals surface area contributed by atoms with Crippen LogP contribution in [0.4, 0.5) is 5.95 Å². The molecule has 0 aliphatic heterocycles. The van der Waals surface area contributed by atoms with E-state index in [1.54, 1.807) is 4.68 Å². The molecule has 1 saturated carbocycles. The van der Waals surface area contributed by atoms with Crippen molar-refractivity contribution in [2.24, 2.45) is 0 Å². The fraction of sp³-hybridized carbons (Fsp3) is 0.429. The number of hydrogen-bond donors (Lipinski definition) is 2. The fourth-order valence-corrected chi connectivity index (χ4v) is 2.02. The van der Waals surface area contributed by atoms with Crippen LogP contribution in [0.2, 0.25) is 0 Å². The summed E-state index contributed by atoms with van der Waals surface area (Å²) in [6.45, 7) is 0.658. The highest BCUT2D eigenvalue weighted by atomic mass is 16.1. The van der Waals surface area contributed by atoms with Crippen LogP contribution in [0, 0.1) is 0 Å². The van der Waals surface area contributed by atoms with E-state index in [4.69, 9.17) is 0 Å². The molecule has 0 atom stereocenters. The van der Waals surface area contributed by atoms with Gasteiger partial charge in [0.2, 0.25) is 11.9 Å². The molecule has 0 bridgehead atoms. The van der Waals surface area contributed by atoms with Crippen molar-refractivity contribution in [1.29, 1.82) is 0 Å². The molecule has 1 aliphatic rings. The second-order valence-corrected chi connectivity index (χ2v) is 5.12. The summed E-state index contributed by atoms with van der Waals surface area (Å²) in [5.74, 6) is 0.714. The van der Waals surface area contributed by atoms with Gasteiger partial charge in [0.1, 0.15) is 0 Å². The molecule has 0 spiro atoms. The molecule has 110 valence electrons. The summed E-state index contributed by atoms with van der Waals surface area (Å²) in [5, 5.41) is 17.7. The van der Waals surface area contributed by atoms with Gasteiger partial charge in [-0.2, -0.15) is 4.68 Å². The average molecular weight is 286 g/mol. The summed E-state index contributed by atoms with van der Waals surface area (Å²) in [7, 11) is 0. The Morgan fingerprint density at radius 3 is 2.86 bits per heavy atom. The van der Waals surface area contributed by atoms with Gasteiger partial charge in [0.25, 0.3) is 0 Å². The number of para-hydroxylation sites is 1. The molecular weight excluding hydrogens is 268 g/mol. The summed E-state index contributed by atoms with van der Waals surface area (Å²) in [5.41, 5.74) is 0.900. The SMILES string of the molecule is O=C(CCCNc1nnnn1-c1ccccc1)NC1CC1. The molecule has 0 radical (unpaired) electrons. The quantitative estimate of drug-likeness (QED) is 0.745. The molecule has 1 aromatic carbocycles. The van der Waals surface area contributed by atoms with Crippen LogP contribution in [-0.2, 0) is 4.79 Å². The van der Waals surface area contributed by atoms with Gasteiger partial charge in [-0.1, -0.05) is 23.3 Å². The first-order valence-corrected chi connectivity index (χ1v) is 7.20. The maximum absolute atomic E-state index is 11.6. The number of nitrogens with zero attached hydrogens (tertiary/aromatic N) is 4. The summed E-state index contributed by atoms with van der Waals surface area (Å²) in [6, 6.07) is 10.1. The van der Waals surface area contributed by atoms with E-state index in [9.17, 15) is 4.79 Å². The molecule has 7 heteroatoms. The molecule has 7 nitrogen and oxygen atoms in total. The molecule has 21 heavy (non-hydrogen) atoms. The molecule has 1 aliphatic carbocycles. The number of rotatable bonds is 7. The van der Waals surface area contributed by atoms with Crippen LogP contribution < -0.4 is 10.6 Å². The number of aromatic nitrogens is 4. The van der Waals surface area contributed by atoms with Crippen LogP contribution in [0.5, 0.6) is 0 Å². The largest absolute Gasteiger partial charge is 0.353 e. The molecule has 1 fully saturated rings. The second-order valence-electron chi connectivity index (χ2n) is 5.12. The van der Waals surface area contributed by atoms with Crippen molar-refractivity contribution in [2.75, 3.05) is 11.9 Å². The van der Waals surface area contributed by atoms with Gasteiger partial charge in [-0.3, -0.25) is 4.79 Å². The van der Waals surface area contributed by atoms with Crippen molar-refractivity contribution in [1.82, 2.24) is 25.5 Å². The summed E-state index contributed by atoms with van der Waals surface area (Å²) in [4.78, 5) is 11.6. The Morgan fingerprint density at radius 2 is 2.10 bits per heavy atom. The van der Waals surface area contributed by atoms with Crippen molar-refractivity contribution in [2.45, 2.75) is 31.7 Å². The highest BCUT2D eigenvalue weighted by Gasteiger charge is 2.22. The molecule has 1 aromatic heterocycles. The van der Waals surface area contributed by atoms with Gasteiger partial charge < -0.3 is 10.6 Å². The first-order valence-electron chi connectivity index (χ1n) is 7.20. The maximum Gasteiger partial charge on any atom is 0.247 e. The smallest absolute Gasteiger partial charge is 0.247 e. The van der Waals surface area contributed by atoms with E-state index < -0.39 is 0 Å². The number of anilines is 1. The van der Waals surface area contributed by atoms with Crippen LogP contribution in [0.1, 0.15) is 25.7 Å². The van der Waals surface area contributed by atoms with E-state index in [1.165, 1.54) is 0 Å². The van der Waals surface area contributed by atoms with Crippen molar-refractivity contribution in [3.8, 4) is 5.69 Å². The third-order valence-corrected chi connectivity index (χ3v) is 3.28. The topological polar surface area (TPSA) is 84.7 Å². The van der Waals surface area contributed by atoms with Gasteiger partial charge in [0, 0.05) is 19.0 Å². The Bertz CT molecular complexity index is 593. The zero-order valence-corrected chi connectivity index (χ0v) is 11.7. The van der Waals surface area contributed by atoms with E-state index in [2.05, 4.69) is 26.2 Å². The van der Waals surface area contributed by atoms with Crippen molar-refractivity contribution < 1.29 is 4.79 Å². The Kier molecular flexibility index (Phi) is 4.09. The molecule has 0 unspecified atom stereocenters. The standard InChI is InChI=1S/C14H18N6O/c21-13(16-11-8-9-11)7-4-10-15-14-17-18-19-20(14)12-5-2-1-3-6-12/h1-3,5-6,11H,4,7-10H2,(H,16,21)(H,15,17,19). The van der Waals surface area contributed by atoms with Crippen LogP contribution in [-0.4, -0.2) is 38.7 Å². The molecule has 2 N–H and O–H groups in total. The number of nitrogens with one attached hydrogen (secondary N) is 2. The number of benzene rings is 1. The van der Waals surface area contributed by atoms with Crippen LogP contribution in [0.3, 0.4) is 0 Å². The van der Waals surface area contributed by atoms with E-state index in [1.807, 2.05) is 30.3 Å². The lowest BCUT2D eigenvalue weighted by Gasteiger charge is -2.07. The zero-order valence-electron chi connectivity index (χ0n) is 11.7. The molecule has 1 amide bonds. The lowest BCUT2D eigenvalue weighted by Crippen LogP contribution is -2.25. The molecular formula is C14H18N6O. The highest BCUT2D eigenvalue weighted by Crippen LogP contribution is 2.18. The maximum atomic E-state index is 11.6. The van der Waals surface area contributed by atoms with E-state index in [0.29, 0.717) is 25.0 Å². The minimum Gasteiger partial charge on any atom is -0.353 e. The zero-order chi connectivity index (χ0) is 14.5. The van der Waals surface area contributed by atoms with Crippen molar-refractivity contribution in [3.05, 3.63) is 30.3 Å². The Hall–Kier alpha value is -2.44. The van der Waals surface area contributed by atoms with Gasteiger partial charge in [-0.25, -0.2) is 0 Å². The number of carbonyl (C=O) groups excluding carboxylic acids is 1. The van der Waals surface area contributed by atoms with E-state index in [0.717, 1.165) is 24.9 Å². The monoisotopic (exact) mass is 286 g/mol. The van der Waals surface area contributed by atoms with Gasteiger partial charge >= 0.3 is 0 Å². The van der Waals surface area contributed by atoms with Gasteiger partial charge in [0.15, 0.2) is 0 Å².